The van der Waals surface area contributed by atoms with Gasteiger partial charge in [0.15, 0.2) is 4.34 Å². The number of amides is 1. The Labute approximate surface area is 256 Å². The highest BCUT2D eigenvalue weighted by Crippen LogP contribution is 2.44. The molecule has 5 rings (SSSR count). The number of aliphatic hydroxyl groups is 1. The minimum Gasteiger partial charge on any atom is -0.507 e. The summed E-state index contributed by atoms with van der Waals surface area (Å²) in [6.07, 6.45) is 1.88. The van der Waals surface area contributed by atoms with Gasteiger partial charge in [-0.2, -0.15) is 0 Å². The van der Waals surface area contributed by atoms with Crippen LogP contribution in [0.5, 0.6) is 5.75 Å². The highest BCUT2D eigenvalue weighted by molar-refractivity contribution is 8.00. The second-order valence-corrected chi connectivity index (χ2v) is 12.1. The topological polar surface area (TPSA) is 136 Å². The van der Waals surface area contributed by atoms with Gasteiger partial charge in [-0.3, -0.25) is 24.6 Å². The number of hydrogen-bond acceptors (Lipinski definition) is 10. The number of aryl methyl sites for hydroxylation is 1. The number of thioether (sulfide) groups is 1. The average molecular weight is 617 g/mol. The van der Waals surface area contributed by atoms with Gasteiger partial charge in [0.1, 0.15) is 11.5 Å². The number of anilines is 1. The molecule has 1 atom stereocenters. The number of nitro benzene ring substituents is 1. The second kappa shape index (κ2) is 13.2. The number of nitrogens with zero attached hydrogens (tertiary/aromatic N) is 4. The van der Waals surface area contributed by atoms with E-state index in [0.29, 0.717) is 28.0 Å². The summed E-state index contributed by atoms with van der Waals surface area (Å²) in [6.45, 7) is 4.62. The van der Waals surface area contributed by atoms with Crippen LogP contribution in [0.1, 0.15) is 48.1 Å². The van der Waals surface area contributed by atoms with Gasteiger partial charge in [0.05, 0.1) is 23.1 Å². The molecule has 43 heavy (non-hydrogen) atoms. The smallest absolute Gasteiger partial charge is 0.301 e. The first kappa shape index (κ1) is 29.9. The SMILES string of the molecule is CCCCOc1ccc(/C(O)=C2\C(=O)C(=O)N(c3nnc(SCc4ccc(C)cc4)s3)C2c2cccc([N+](=O)[O-])c2)cc1. The number of carbonyl (C=O) groups excluding carboxylic acids is 2. The summed E-state index contributed by atoms with van der Waals surface area (Å²) in [5, 5.41) is 31.5. The lowest BCUT2D eigenvalue weighted by molar-refractivity contribution is -0.384. The molecule has 4 aromatic rings. The fraction of sp³-hybridized carbons (Fsp3) is 0.226. The predicted octanol–water partition coefficient (Wildman–Crippen LogP) is 6.85. The van der Waals surface area contributed by atoms with E-state index in [4.69, 9.17) is 4.74 Å². The summed E-state index contributed by atoms with van der Waals surface area (Å²) in [7, 11) is 0. The molecular formula is C31H28N4O6S2. The van der Waals surface area contributed by atoms with E-state index in [1.807, 2.05) is 31.2 Å². The number of Topliss-reactive ketones (excluding diaryl/α,β-unsaturated/α-hetero) is 1. The van der Waals surface area contributed by atoms with Crippen LogP contribution in [0.2, 0.25) is 0 Å². The fourth-order valence-corrected chi connectivity index (χ4v) is 6.36. The lowest BCUT2D eigenvalue weighted by Gasteiger charge is -2.22. The van der Waals surface area contributed by atoms with Crippen molar-refractivity contribution in [2.75, 3.05) is 11.5 Å². The number of ether oxygens (including phenoxy) is 1. The third-order valence-corrected chi connectivity index (χ3v) is 8.95. The molecule has 0 bridgehead atoms. The molecule has 0 spiro atoms. The van der Waals surface area contributed by atoms with E-state index in [2.05, 4.69) is 17.1 Å². The molecule has 12 heteroatoms. The minimum atomic E-state index is -1.16. The Bertz CT molecular complexity index is 1690. The van der Waals surface area contributed by atoms with Crippen molar-refractivity contribution >= 4 is 51.4 Å². The maximum Gasteiger partial charge on any atom is 0.301 e. The average Bonchev–Trinajstić information content (AvgIpc) is 3.58. The van der Waals surface area contributed by atoms with Crippen molar-refractivity contribution in [1.29, 1.82) is 0 Å². The molecule has 1 saturated heterocycles. The first-order chi connectivity index (χ1) is 20.8. The summed E-state index contributed by atoms with van der Waals surface area (Å²) in [5.74, 6) is -1.02. The van der Waals surface area contributed by atoms with Crippen LogP contribution in [0.4, 0.5) is 10.8 Å². The van der Waals surface area contributed by atoms with Crippen LogP contribution < -0.4 is 9.64 Å². The van der Waals surface area contributed by atoms with Gasteiger partial charge in [-0.05, 0) is 48.7 Å². The Kier molecular flexibility index (Phi) is 9.17. The summed E-state index contributed by atoms with van der Waals surface area (Å²) in [4.78, 5) is 39.1. The maximum atomic E-state index is 13.5. The van der Waals surface area contributed by atoms with Gasteiger partial charge in [-0.15, -0.1) is 10.2 Å². The molecule has 3 aromatic carbocycles. The van der Waals surface area contributed by atoms with Crippen molar-refractivity contribution in [3.63, 3.8) is 0 Å². The van der Waals surface area contributed by atoms with Crippen LogP contribution in [-0.2, 0) is 15.3 Å². The van der Waals surface area contributed by atoms with Crippen LogP contribution in [0.15, 0.2) is 82.7 Å². The second-order valence-electron chi connectivity index (χ2n) is 9.87. The number of ketones is 1. The summed E-state index contributed by atoms with van der Waals surface area (Å²) < 4.78 is 6.27. The molecule has 1 aliphatic heterocycles. The van der Waals surface area contributed by atoms with Crippen molar-refractivity contribution < 1.29 is 24.4 Å². The number of benzene rings is 3. The number of carbonyl (C=O) groups is 2. The molecule has 1 N–H and O–H groups in total. The molecule has 1 aromatic heterocycles. The van der Waals surface area contributed by atoms with Crippen molar-refractivity contribution in [2.45, 2.75) is 42.8 Å². The Balaban J connectivity index is 1.51. The van der Waals surface area contributed by atoms with Crippen LogP contribution in [0.3, 0.4) is 0 Å². The first-order valence-corrected chi connectivity index (χ1v) is 15.4. The van der Waals surface area contributed by atoms with Crippen molar-refractivity contribution in [1.82, 2.24) is 10.2 Å². The molecule has 1 amide bonds. The molecule has 2 heterocycles. The van der Waals surface area contributed by atoms with E-state index < -0.39 is 28.4 Å². The van der Waals surface area contributed by atoms with Gasteiger partial charge in [0.25, 0.3) is 11.5 Å². The largest absolute Gasteiger partial charge is 0.507 e. The van der Waals surface area contributed by atoms with E-state index in [9.17, 15) is 24.8 Å². The highest BCUT2D eigenvalue weighted by Gasteiger charge is 2.48. The molecule has 0 aliphatic carbocycles. The number of aromatic nitrogens is 2. The van der Waals surface area contributed by atoms with Crippen molar-refractivity contribution in [3.05, 3.63) is 111 Å². The summed E-state index contributed by atoms with van der Waals surface area (Å²) in [5.41, 5.74) is 2.39. The van der Waals surface area contributed by atoms with Gasteiger partial charge in [0.2, 0.25) is 5.13 Å². The quantitative estimate of drug-likeness (QED) is 0.0280. The lowest BCUT2D eigenvalue weighted by atomic mass is 9.95. The zero-order valence-corrected chi connectivity index (χ0v) is 25.1. The van der Waals surface area contributed by atoms with Gasteiger partial charge in [-0.1, -0.05) is 78.4 Å². The fourth-order valence-electron chi connectivity index (χ4n) is 4.54. The molecule has 1 unspecified atom stereocenters. The van der Waals surface area contributed by atoms with Gasteiger partial charge >= 0.3 is 5.91 Å². The standard InChI is InChI=1S/C31H28N4O6S2/c1-3-4-16-41-24-14-12-21(13-15-24)27(36)25-26(22-6-5-7-23(17-22)35(39)40)34(29(38)28(25)37)30-32-33-31(43-30)42-18-20-10-8-19(2)9-11-20/h5-15,17,26,36H,3-4,16,18H2,1-2H3/b27-25+. The van der Waals surface area contributed by atoms with Crippen molar-refractivity contribution in [2.24, 2.45) is 0 Å². The van der Waals surface area contributed by atoms with Crippen LogP contribution in [-0.4, -0.2) is 38.5 Å². The van der Waals surface area contributed by atoms with Crippen LogP contribution in [0, 0.1) is 17.0 Å². The molecule has 0 radical (unpaired) electrons. The maximum absolute atomic E-state index is 13.5. The third-order valence-electron chi connectivity index (χ3n) is 6.82. The van der Waals surface area contributed by atoms with Gasteiger partial charge < -0.3 is 9.84 Å². The summed E-state index contributed by atoms with van der Waals surface area (Å²) in [6, 6.07) is 19.1. The third kappa shape index (κ3) is 6.60. The number of aliphatic hydroxyl groups excluding tert-OH is 1. The zero-order chi connectivity index (χ0) is 30.5. The van der Waals surface area contributed by atoms with Crippen molar-refractivity contribution in [3.8, 4) is 5.75 Å². The Morgan fingerprint density at radius 1 is 1.09 bits per heavy atom. The predicted molar refractivity (Wildman–Crippen MR) is 165 cm³/mol. The molecule has 1 fully saturated rings. The first-order valence-electron chi connectivity index (χ1n) is 13.6. The number of nitro groups is 1. The number of hydrogen-bond donors (Lipinski definition) is 1. The van der Waals surface area contributed by atoms with Gasteiger partial charge in [-0.25, -0.2) is 0 Å². The van der Waals surface area contributed by atoms with Crippen LogP contribution >= 0.6 is 23.1 Å². The van der Waals surface area contributed by atoms with E-state index in [1.165, 1.54) is 30.0 Å². The molecule has 0 saturated carbocycles. The minimum absolute atomic E-state index is 0.142. The molecule has 220 valence electrons. The zero-order valence-electron chi connectivity index (χ0n) is 23.4. The monoisotopic (exact) mass is 616 g/mol. The molecule has 1 aliphatic rings. The number of rotatable bonds is 11. The Morgan fingerprint density at radius 3 is 2.53 bits per heavy atom. The normalized spacial score (nSPS) is 16.0. The van der Waals surface area contributed by atoms with E-state index in [-0.39, 0.29) is 22.0 Å². The number of unbranched alkanes of at least 4 members (excludes halogenated alkanes) is 1. The molecular weight excluding hydrogens is 588 g/mol. The van der Waals surface area contributed by atoms with E-state index in [0.717, 1.165) is 40.2 Å². The lowest BCUT2D eigenvalue weighted by Crippen LogP contribution is -2.29. The Hall–Kier alpha value is -4.55. The van der Waals surface area contributed by atoms with Crippen LogP contribution in [0.25, 0.3) is 5.76 Å². The van der Waals surface area contributed by atoms with E-state index >= 15 is 0 Å². The molecule has 10 nitrogen and oxygen atoms in total. The Morgan fingerprint density at radius 2 is 1.84 bits per heavy atom. The van der Waals surface area contributed by atoms with Gasteiger partial charge in [0, 0.05) is 23.4 Å². The number of non-ortho nitro benzene ring substituents is 1. The van der Waals surface area contributed by atoms with E-state index in [1.54, 1.807) is 30.3 Å². The highest BCUT2D eigenvalue weighted by atomic mass is 32.2. The summed E-state index contributed by atoms with van der Waals surface area (Å²) >= 11 is 2.56.